The summed E-state index contributed by atoms with van der Waals surface area (Å²) in [6.07, 6.45) is -7.09. The fourth-order valence-electron chi connectivity index (χ4n) is 7.41. The molecule has 1 aromatic carbocycles. The molecule has 3 aromatic rings. The van der Waals surface area contributed by atoms with Crippen LogP contribution in [0.5, 0.6) is 0 Å². The van der Waals surface area contributed by atoms with E-state index < -0.39 is 72.0 Å². The SMILES string of the molecule is CC(C)C1=C2[C@@H](CC/C(=C/c3ccc(CO)o3)c3ccccn3)OB(O)C[C@@H]2[C@@H]2C(=O)N(c3cc(C(F)(F)F)cc(C(F)(F)F)c3)C(=O)[C@@H]2C1. The average molecular weight is 702 g/mol. The van der Waals surface area contributed by atoms with Gasteiger partial charge in [-0.15, -0.1) is 0 Å². The predicted molar refractivity (Wildman–Crippen MR) is 170 cm³/mol. The van der Waals surface area contributed by atoms with E-state index in [2.05, 4.69) is 4.98 Å². The number of halogens is 6. The Labute approximate surface area is 283 Å². The number of hydrogen-bond acceptors (Lipinski definition) is 7. The number of imide groups is 1. The number of aliphatic hydroxyl groups is 1. The van der Waals surface area contributed by atoms with Gasteiger partial charge >= 0.3 is 19.5 Å². The molecular weight excluding hydrogens is 669 g/mol. The summed E-state index contributed by atoms with van der Waals surface area (Å²) in [6.45, 7) is 3.49. The molecule has 4 heterocycles. The van der Waals surface area contributed by atoms with Gasteiger partial charge in [0.2, 0.25) is 11.8 Å². The second-order valence-electron chi connectivity index (χ2n) is 13.1. The minimum Gasteiger partial charge on any atom is -0.459 e. The number of allylic oxidation sites excluding steroid dienone is 2. The lowest BCUT2D eigenvalue weighted by molar-refractivity contribution is -0.143. The van der Waals surface area contributed by atoms with Crippen LogP contribution in [0.25, 0.3) is 11.6 Å². The van der Waals surface area contributed by atoms with Crippen LogP contribution >= 0.6 is 0 Å². The number of carbonyl (C=O) groups is 2. The molecule has 264 valence electrons. The second-order valence-corrected chi connectivity index (χ2v) is 13.1. The maximum absolute atomic E-state index is 14.1. The lowest BCUT2D eigenvalue weighted by atomic mass is 9.57. The van der Waals surface area contributed by atoms with Gasteiger partial charge in [0.25, 0.3) is 0 Å². The molecule has 2 aliphatic heterocycles. The maximum atomic E-state index is 14.1. The number of pyridine rings is 1. The van der Waals surface area contributed by atoms with Gasteiger partial charge in [-0.2, -0.15) is 26.3 Å². The van der Waals surface area contributed by atoms with Crippen molar-refractivity contribution in [1.82, 2.24) is 4.98 Å². The highest BCUT2D eigenvalue weighted by atomic mass is 19.4. The Balaban J connectivity index is 1.35. The molecule has 15 heteroatoms. The van der Waals surface area contributed by atoms with E-state index in [1.807, 2.05) is 19.9 Å². The first-order valence-corrected chi connectivity index (χ1v) is 16.1. The Morgan fingerprint density at radius 1 is 1.02 bits per heavy atom. The Morgan fingerprint density at radius 3 is 2.30 bits per heavy atom. The molecule has 0 saturated carbocycles. The molecule has 6 rings (SSSR count). The van der Waals surface area contributed by atoms with Gasteiger partial charge in [-0.05, 0) is 97.1 Å². The van der Waals surface area contributed by atoms with Gasteiger partial charge in [0, 0.05) is 6.20 Å². The number of carbonyl (C=O) groups excluding carboxylic acids is 2. The highest BCUT2D eigenvalue weighted by Gasteiger charge is 2.58. The zero-order valence-electron chi connectivity index (χ0n) is 27.0. The molecule has 0 spiro atoms. The Morgan fingerprint density at radius 2 is 1.72 bits per heavy atom. The summed E-state index contributed by atoms with van der Waals surface area (Å²) in [4.78, 5) is 32.8. The van der Waals surface area contributed by atoms with Crippen LogP contribution in [0.3, 0.4) is 0 Å². The molecule has 2 saturated heterocycles. The fraction of sp³-hybridized carbons (Fsp3) is 0.400. The number of nitrogens with zero attached hydrogens (tertiary/aromatic N) is 2. The van der Waals surface area contributed by atoms with Crippen LogP contribution in [-0.4, -0.2) is 40.2 Å². The van der Waals surface area contributed by atoms with Crippen LogP contribution < -0.4 is 4.90 Å². The summed E-state index contributed by atoms with van der Waals surface area (Å²) < 4.78 is 94.0. The van der Waals surface area contributed by atoms with E-state index in [-0.39, 0.29) is 31.3 Å². The molecule has 2 amide bonds. The van der Waals surface area contributed by atoms with Crippen LogP contribution in [0.4, 0.5) is 32.0 Å². The monoisotopic (exact) mass is 702 g/mol. The van der Waals surface area contributed by atoms with Gasteiger partial charge in [0.05, 0.1) is 40.4 Å². The van der Waals surface area contributed by atoms with Crippen molar-refractivity contribution in [2.75, 3.05) is 4.90 Å². The van der Waals surface area contributed by atoms with E-state index >= 15 is 0 Å². The van der Waals surface area contributed by atoms with Crippen LogP contribution in [0.1, 0.15) is 61.5 Å². The number of aliphatic hydroxyl groups excluding tert-OH is 1. The summed E-state index contributed by atoms with van der Waals surface area (Å²) in [5.41, 5.74) is -1.21. The third-order valence-corrected chi connectivity index (χ3v) is 9.60. The van der Waals surface area contributed by atoms with E-state index in [9.17, 15) is 46.1 Å². The molecule has 2 fully saturated rings. The Kier molecular flexibility index (Phi) is 9.61. The first kappa shape index (κ1) is 35.6. The molecular formula is C35H33BF6N2O6. The van der Waals surface area contributed by atoms with Crippen molar-refractivity contribution in [1.29, 1.82) is 0 Å². The summed E-state index contributed by atoms with van der Waals surface area (Å²) in [5.74, 6) is -4.07. The highest BCUT2D eigenvalue weighted by Crippen LogP contribution is 2.53. The molecule has 0 bridgehead atoms. The third-order valence-electron chi connectivity index (χ3n) is 9.60. The lowest BCUT2D eigenvalue weighted by Crippen LogP contribution is -2.46. The van der Waals surface area contributed by atoms with Crippen LogP contribution in [-0.2, 0) is 33.2 Å². The standard InChI is InChI=1S/C35H33BF6N2O6/c1-18(2)25-15-26-31(33(47)44(32(26)46)22-13-20(34(37,38)39)12-21(14-22)35(40,41)42)27-16-36(48)50-29(30(25)27)9-6-19(28-5-3-4-10-43-28)11-23-7-8-24(17-45)49-23/h3-5,7-8,10-14,18,26-27,29,31,45,48H,6,9,15-17H2,1-2H3/b19-11-/t26-,27+,29-,31-/m1/s1. The second kappa shape index (κ2) is 13.5. The van der Waals surface area contributed by atoms with Gasteiger partial charge in [-0.3, -0.25) is 14.6 Å². The minimum atomic E-state index is -5.17. The zero-order chi connectivity index (χ0) is 36.1. The number of aromatic nitrogens is 1. The summed E-state index contributed by atoms with van der Waals surface area (Å²) in [5, 5.41) is 20.4. The minimum absolute atomic E-state index is 0.0511. The average Bonchev–Trinajstić information content (AvgIpc) is 3.62. The summed E-state index contributed by atoms with van der Waals surface area (Å²) >= 11 is 0. The van der Waals surface area contributed by atoms with Crippen molar-refractivity contribution in [3.05, 3.63) is 94.2 Å². The zero-order valence-corrected chi connectivity index (χ0v) is 27.0. The number of furan rings is 1. The smallest absolute Gasteiger partial charge is 0.455 e. The lowest BCUT2D eigenvalue weighted by Gasteiger charge is -2.44. The van der Waals surface area contributed by atoms with Gasteiger partial charge in [-0.25, -0.2) is 4.90 Å². The summed E-state index contributed by atoms with van der Waals surface area (Å²) in [6, 6.07) is 9.42. The topological polar surface area (TPSA) is 113 Å². The van der Waals surface area contributed by atoms with Crippen molar-refractivity contribution in [3.63, 3.8) is 0 Å². The highest BCUT2D eigenvalue weighted by molar-refractivity contribution is 6.43. The molecule has 1 aliphatic carbocycles. The Hall–Kier alpha value is -4.21. The third kappa shape index (κ3) is 6.90. The first-order chi connectivity index (χ1) is 23.6. The number of fused-ring (bicyclic) bond motifs is 3. The van der Waals surface area contributed by atoms with E-state index in [1.54, 1.807) is 36.5 Å². The first-order valence-electron chi connectivity index (χ1n) is 16.1. The molecule has 4 atom stereocenters. The Bertz CT molecular complexity index is 1800. The number of benzene rings is 1. The van der Waals surface area contributed by atoms with Gasteiger partial charge < -0.3 is 19.2 Å². The van der Waals surface area contributed by atoms with Crippen molar-refractivity contribution in [2.45, 2.75) is 64.5 Å². The molecule has 8 nitrogen and oxygen atoms in total. The number of anilines is 1. The van der Waals surface area contributed by atoms with Crippen molar-refractivity contribution < 1.29 is 55.1 Å². The van der Waals surface area contributed by atoms with Gasteiger partial charge in [-0.1, -0.05) is 25.5 Å². The molecule has 3 aliphatic rings. The van der Waals surface area contributed by atoms with E-state index in [4.69, 9.17) is 9.07 Å². The van der Waals surface area contributed by atoms with Gasteiger partial charge in [0.1, 0.15) is 18.1 Å². The number of hydrogen-bond donors (Lipinski definition) is 2. The molecule has 0 radical (unpaired) electrons. The largest absolute Gasteiger partial charge is 0.459 e. The summed E-state index contributed by atoms with van der Waals surface area (Å²) in [7, 11) is -1.36. The van der Waals surface area contributed by atoms with Crippen molar-refractivity contribution in [2.24, 2.45) is 23.7 Å². The van der Waals surface area contributed by atoms with Crippen molar-refractivity contribution >= 4 is 36.3 Å². The van der Waals surface area contributed by atoms with Crippen LogP contribution in [0.15, 0.2) is 70.3 Å². The van der Waals surface area contributed by atoms with Crippen LogP contribution in [0.2, 0.25) is 6.32 Å². The molecule has 0 unspecified atom stereocenters. The maximum Gasteiger partial charge on any atom is 0.455 e. The quantitative estimate of drug-likeness (QED) is 0.111. The van der Waals surface area contributed by atoms with E-state index in [1.165, 1.54) is 0 Å². The molecule has 2 aromatic heterocycles. The van der Waals surface area contributed by atoms with E-state index in [0.717, 1.165) is 11.1 Å². The molecule has 2 N–H and O–H groups in total. The normalized spacial score (nSPS) is 23.2. The number of amides is 2. The van der Waals surface area contributed by atoms with E-state index in [0.29, 0.717) is 52.7 Å². The fourth-order valence-corrected chi connectivity index (χ4v) is 7.41. The predicted octanol–water partition coefficient (Wildman–Crippen LogP) is 7.18. The number of alkyl halides is 6. The van der Waals surface area contributed by atoms with Crippen molar-refractivity contribution in [3.8, 4) is 0 Å². The number of rotatable bonds is 8. The van der Waals surface area contributed by atoms with Gasteiger partial charge in [0.15, 0.2) is 0 Å². The molecule has 50 heavy (non-hydrogen) atoms. The van der Waals surface area contributed by atoms with Crippen LogP contribution in [0, 0.1) is 23.7 Å².